The molecule has 0 radical (unpaired) electrons. The number of benzene rings is 2. The highest BCUT2D eigenvalue weighted by Gasteiger charge is 2.17. The molecule has 8 heteroatoms. The zero-order valence-electron chi connectivity index (χ0n) is 16.7. The summed E-state index contributed by atoms with van der Waals surface area (Å²) in [7, 11) is 0. The lowest BCUT2D eigenvalue weighted by molar-refractivity contribution is -0.114. The molecule has 4 aromatic rings. The number of nitrogens with zero attached hydrogens (tertiary/aromatic N) is 3. The number of aromatic nitrogens is 2. The minimum absolute atomic E-state index is 0.193. The Bertz CT molecular complexity index is 1340. The fourth-order valence-corrected chi connectivity index (χ4v) is 5.02. The molecule has 6 nitrogen and oxygen atoms in total. The summed E-state index contributed by atoms with van der Waals surface area (Å²) in [4.78, 5) is 31.5. The Morgan fingerprint density at radius 1 is 1.19 bits per heavy atom. The van der Waals surface area contributed by atoms with Crippen LogP contribution in [0.25, 0.3) is 21.3 Å². The predicted octanol–water partition coefficient (Wildman–Crippen LogP) is 4.31. The van der Waals surface area contributed by atoms with Gasteiger partial charge in [-0.05, 0) is 30.2 Å². The molecule has 0 aliphatic carbocycles. The molecule has 0 saturated heterocycles. The third-order valence-corrected chi connectivity index (χ3v) is 6.70. The maximum Gasteiger partial charge on any atom is 0.281 e. The summed E-state index contributed by atoms with van der Waals surface area (Å²) >= 11 is 2.90. The fraction of sp³-hybridized carbons (Fsp3) is 0.130. The van der Waals surface area contributed by atoms with Crippen LogP contribution < -0.4 is 11.0 Å². The number of nitriles is 1. The van der Waals surface area contributed by atoms with Gasteiger partial charge in [-0.3, -0.25) is 15.0 Å². The summed E-state index contributed by atoms with van der Waals surface area (Å²) < 4.78 is 1.16. The van der Waals surface area contributed by atoms with Gasteiger partial charge in [0, 0.05) is 16.2 Å². The van der Waals surface area contributed by atoms with E-state index in [0.29, 0.717) is 21.5 Å². The van der Waals surface area contributed by atoms with Gasteiger partial charge in [-0.2, -0.15) is 5.26 Å². The topological polar surface area (TPSA) is 87.8 Å². The molecular formula is C23H18N4O2S2. The number of hydrogen-bond acceptors (Lipinski definition) is 6. The maximum absolute atomic E-state index is 13.1. The van der Waals surface area contributed by atoms with Gasteiger partial charge in [-0.1, -0.05) is 42.5 Å². The van der Waals surface area contributed by atoms with Crippen molar-refractivity contribution in [1.82, 2.24) is 9.66 Å². The van der Waals surface area contributed by atoms with E-state index in [4.69, 9.17) is 5.26 Å². The van der Waals surface area contributed by atoms with Crippen molar-refractivity contribution in [1.29, 1.82) is 5.26 Å². The molecule has 2 heterocycles. The minimum atomic E-state index is -0.293. The second-order valence-electron chi connectivity index (χ2n) is 6.84. The molecule has 0 saturated carbocycles. The second kappa shape index (κ2) is 9.16. The van der Waals surface area contributed by atoms with Gasteiger partial charge in [0.05, 0.1) is 22.8 Å². The van der Waals surface area contributed by atoms with Crippen LogP contribution in [0.15, 0.2) is 65.7 Å². The first kappa shape index (κ1) is 20.8. The smallest absolute Gasteiger partial charge is 0.272 e. The number of rotatable bonds is 6. The minimum Gasteiger partial charge on any atom is -0.272 e. The first-order valence-electron chi connectivity index (χ1n) is 9.49. The van der Waals surface area contributed by atoms with Crippen LogP contribution in [0.5, 0.6) is 0 Å². The van der Waals surface area contributed by atoms with Crippen LogP contribution in [0.4, 0.5) is 0 Å². The molecule has 2 aromatic carbocycles. The largest absolute Gasteiger partial charge is 0.281 e. The van der Waals surface area contributed by atoms with Gasteiger partial charge in [0.1, 0.15) is 11.2 Å². The average molecular weight is 447 g/mol. The monoisotopic (exact) mass is 446 g/mol. The van der Waals surface area contributed by atoms with E-state index in [1.807, 2.05) is 49.4 Å². The lowest BCUT2D eigenvalue weighted by Gasteiger charge is -2.08. The Morgan fingerprint density at radius 2 is 1.94 bits per heavy atom. The number of thiophene rings is 1. The summed E-state index contributed by atoms with van der Waals surface area (Å²) in [5.41, 5.74) is 5.78. The molecule has 0 spiro atoms. The average Bonchev–Trinajstić information content (AvgIpc) is 3.13. The van der Waals surface area contributed by atoms with E-state index in [9.17, 15) is 9.59 Å². The van der Waals surface area contributed by atoms with E-state index in [-0.39, 0.29) is 17.2 Å². The molecule has 1 amide bonds. The van der Waals surface area contributed by atoms with Gasteiger partial charge in [-0.15, -0.1) is 23.1 Å². The molecule has 1 N–H and O–H groups in total. The van der Waals surface area contributed by atoms with Crippen LogP contribution in [0, 0.1) is 18.3 Å². The van der Waals surface area contributed by atoms with Crippen molar-refractivity contribution in [2.45, 2.75) is 12.7 Å². The summed E-state index contributed by atoms with van der Waals surface area (Å²) in [6, 6.07) is 19.0. The molecule has 31 heavy (non-hydrogen) atoms. The van der Waals surface area contributed by atoms with E-state index in [1.54, 1.807) is 12.1 Å². The summed E-state index contributed by atoms with van der Waals surface area (Å²) in [5.74, 6) is 0.543. The number of hydrogen-bond donors (Lipinski definition) is 1. The third-order valence-electron chi connectivity index (χ3n) is 4.68. The van der Waals surface area contributed by atoms with Crippen molar-refractivity contribution in [3.05, 3.63) is 87.3 Å². The molecule has 0 aliphatic heterocycles. The van der Waals surface area contributed by atoms with Crippen molar-refractivity contribution in [2.75, 3.05) is 11.2 Å². The first-order chi connectivity index (χ1) is 15.1. The van der Waals surface area contributed by atoms with E-state index < -0.39 is 0 Å². The van der Waals surface area contributed by atoms with Crippen LogP contribution in [0.1, 0.15) is 16.0 Å². The second-order valence-corrected chi connectivity index (χ2v) is 9.02. The van der Waals surface area contributed by atoms with E-state index in [1.165, 1.54) is 29.4 Å². The molecular weight excluding hydrogens is 428 g/mol. The van der Waals surface area contributed by atoms with Crippen LogP contribution in [0.3, 0.4) is 0 Å². The number of carbonyl (C=O) groups excluding carboxylic acids is 1. The predicted molar refractivity (Wildman–Crippen MR) is 126 cm³/mol. The Kier molecular flexibility index (Phi) is 6.16. The number of thioether (sulfide) groups is 1. The quantitative estimate of drug-likeness (QED) is 0.477. The highest BCUT2D eigenvalue weighted by Crippen LogP contribution is 2.35. The van der Waals surface area contributed by atoms with Gasteiger partial charge in [0.15, 0.2) is 0 Å². The van der Waals surface area contributed by atoms with Crippen molar-refractivity contribution in [3.63, 3.8) is 0 Å². The molecule has 0 aliphatic rings. The Labute approximate surface area is 187 Å². The molecule has 0 fully saturated rings. The Morgan fingerprint density at radius 3 is 2.65 bits per heavy atom. The molecule has 4 rings (SSSR count). The van der Waals surface area contributed by atoms with Crippen molar-refractivity contribution >= 4 is 39.2 Å². The van der Waals surface area contributed by atoms with E-state index >= 15 is 0 Å². The van der Waals surface area contributed by atoms with Crippen molar-refractivity contribution < 1.29 is 4.79 Å². The normalized spacial score (nSPS) is 10.7. The zero-order chi connectivity index (χ0) is 21.8. The molecule has 2 aromatic heterocycles. The van der Waals surface area contributed by atoms with Crippen LogP contribution in [0.2, 0.25) is 0 Å². The standard InChI is InChI=1S/C23H18N4O2S2/c1-15-20(18-5-3-2-4-6-18)21-22(31-15)25-14-27(23(21)29)26-19(28)13-30-12-17-9-7-16(11-24)8-10-17/h2-10,14H,12-13H2,1H3,(H,26,28). The lowest BCUT2D eigenvalue weighted by atomic mass is 10.0. The first-order valence-corrected chi connectivity index (χ1v) is 11.5. The number of nitrogens with one attached hydrogen (secondary N) is 1. The molecule has 154 valence electrons. The van der Waals surface area contributed by atoms with Crippen LogP contribution in [-0.4, -0.2) is 21.3 Å². The van der Waals surface area contributed by atoms with Crippen molar-refractivity contribution in [2.24, 2.45) is 0 Å². The highest BCUT2D eigenvalue weighted by atomic mass is 32.2. The fourth-order valence-electron chi connectivity index (χ4n) is 3.24. The molecule has 0 bridgehead atoms. The van der Waals surface area contributed by atoms with E-state index in [0.717, 1.165) is 26.2 Å². The third kappa shape index (κ3) is 4.53. The summed E-state index contributed by atoms with van der Waals surface area (Å²) in [5, 5.41) is 9.36. The van der Waals surface area contributed by atoms with Gasteiger partial charge in [-0.25, -0.2) is 9.66 Å². The SMILES string of the molecule is Cc1sc2ncn(NC(=O)CSCc3ccc(C#N)cc3)c(=O)c2c1-c1ccccc1. The van der Waals surface area contributed by atoms with Crippen molar-refractivity contribution in [3.8, 4) is 17.2 Å². The number of amides is 1. The Hall–Kier alpha value is -3.41. The van der Waals surface area contributed by atoms with E-state index in [2.05, 4.69) is 16.5 Å². The summed E-state index contributed by atoms with van der Waals surface area (Å²) in [6.45, 7) is 1.97. The molecule has 0 atom stereocenters. The maximum atomic E-state index is 13.1. The molecule has 0 unspecified atom stereocenters. The zero-order valence-corrected chi connectivity index (χ0v) is 18.3. The van der Waals surface area contributed by atoms with Crippen LogP contribution in [-0.2, 0) is 10.5 Å². The Balaban J connectivity index is 1.49. The van der Waals surface area contributed by atoms with Gasteiger partial charge in [0.2, 0.25) is 5.91 Å². The number of fused-ring (bicyclic) bond motifs is 1. The van der Waals surface area contributed by atoms with Crippen LogP contribution >= 0.6 is 23.1 Å². The highest BCUT2D eigenvalue weighted by molar-refractivity contribution is 7.99. The lowest BCUT2D eigenvalue weighted by Crippen LogP contribution is -2.34. The van der Waals surface area contributed by atoms with Gasteiger partial charge < -0.3 is 0 Å². The van der Waals surface area contributed by atoms with Gasteiger partial charge >= 0.3 is 0 Å². The number of carbonyl (C=O) groups is 1. The number of aryl methyl sites for hydroxylation is 1. The van der Waals surface area contributed by atoms with Gasteiger partial charge in [0.25, 0.3) is 5.56 Å². The summed E-state index contributed by atoms with van der Waals surface area (Å²) in [6.07, 6.45) is 1.36.